The van der Waals surface area contributed by atoms with Crippen LogP contribution in [0.15, 0.2) is 118 Å². The quantitative estimate of drug-likeness (QED) is 0.0324. The number of hydrogen-bond donors (Lipinski definition) is 3. The molecule has 0 fully saturated rings. The molecule has 5 aromatic carbocycles. The van der Waals surface area contributed by atoms with Crippen molar-refractivity contribution in [2.75, 3.05) is 27.1 Å². The van der Waals surface area contributed by atoms with Crippen LogP contribution < -0.4 is 5.73 Å². The Morgan fingerprint density at radius 2 is 1.29 bits per heavy atom. The lowest BCUT2D eigenvalue weighted by Gasteiger charge is -2.15. The maximum absolute atomic E-state index is 13.2. The van der Waals surface area contributed by atoms with Gasteiger partial charge < -0.3 is 15.9 Å². The molecule has 0 unspecified atom stereocenters. The molecule has 0 heterocycles. The number of carboxylic acid groups (broad SMARTS) is 1. The number of phenolic OH excluding ortho intramolecular Hbond substituents is 1. The van der Waals surface area contributed by atoms with Crippen molar-refractivity contribution in [2.24, 2.45) is 30.7 Å². The van der Waals surface area contributed by atoms with Gasteiger partial charge in [-0.05, 0) is 73.2 Å². The largest absolute Gasteiger partial charge is 0.505 e. The van der Waals surface area contributed by atoms with Crippen molar-refractivity contribution in [3.63, 3.8) is 0 Å². The highest BCUT2D eigenvalue weighted by Gasteiger charge is 2.30. The maximum atomic E-state index is 13.2. The Morgan fingerprint density at radius 1 is 0.707 bits per heavy atom. The van der Waals surface area contributed by atoms with Crippen LogP contribution in [0, 0.1) is 17.0 Å². The first-order valence-electron chi connectivity index (χ1n) is 15.8. The number of nitrogen functional groups attached to an aromatic ring is 1. The van der Waals surface area contributed by atoms with Crippen LogP contribution in [0.1, 0.15) is 15.9 Å². The fourth-order valence-corrected chi connectivity index (χ4v) is 7.46. The summed E-state index contributed by atoms with van der Waals surface area (Å²) < 4.78 is 90.6. The molecule has 0 saturated carbocycles. The summed E-state index contributed by atoms with van der Waals surface area (Å²) >= 11 is 0. The molecule has 0 aliphatic heterocycles. The number of aromatic carboxylic acids is 1. The summed E-state index contributed by atoms with van der Waals surface area (Å²) in [7, 11) is -11.6. The van der Waals surface area contributed by atoms with E-state index in [2.05, 4.69) is 43.2 Å². The first-order valence-corrected chi connectivity index (χ1v) is 20.0. The molecule has 25 heteroatoms. The summed E-state index contributed by atoms with van der Waals surface area (Å²) in [5, 5.41) is 55.4. The van der Waals surface area contributed by atoms with Crippen LogP contribution in [-0.4, -0.2) is 67.7 Å². The summed E-state index contributed by atoms with van der Waals surface area (Å²) in [6.45, 7) is 1.67. The first kappa shape index (κ1) is 42.5. The van der Waals surface area contributed by atoms with Crippen molar-refractivity contribution in [3.05, 3.63) is 94.0 Å². The number of anilines is 1. The molecule has 0 aliphatic carbocycles. The summed E-state index contributed by atoms with van der Waals surface area (Å²) in [5.74, 6) is -2.23. The molecule has 58 heavy (non-hydrogen) atoms. The zero-order valence-electron chi connectivity index (χ0n) is 30.2. The number of carboxylic acids is 1. The molecule has 0 aromatic heterocycles. The van der Waals surface area contributed by atoms with Crippen molar-refractivity contribution in [3.8, 4) is 5.75 Å². The van der Waals surface area contributed by atoms with Gasteiger partial charge in [0.2, 0.25) is 0 Å². The van der Waals surface area contributed by atoms with E-state index in [1.165, 1.54) is 36.4 Å². The highest BCUT2D eigenvalue weighted by Crippen LogP contribution is 2.49. The number of azo groups is 3. The number of fused-ring (bicyclic) bond motifs is 1. The summed E-state index contributed by atoms with van der Waals surface area (Å²) in [4.78, 5) is 19.8. The minimum absolute atomic E-state index is 0.0180. The van der Waals surface area contributed by atoms with Crippen molar-refractivity contribution < 1.29 is 57.7 Å². The topological polar surface area (TPSA) is 331 Å². The van der Waals surface area contributed by atoms with Gasteiger partial charge in [0.15, 0.2) is 11.4 Å². The van der Waals surface area contributed by atoms with Crippen molar-refractivity contribution in [2.45, 2.75) is 21.6 Å². The highest BCUT2D eigenvalue weighted by atomic mass is 32.2. The number of aryl methyl sites for hydroxylation is 1. The standard InChI is InChI=1S/C33H28N8O14S3/c1-17-12-20(8-10-23(17)37-35-19-7-5-6-18(13-19)33(43)44)36-39-25-16-27(57(49,50)54-3)22-15-28(58(51,52)55-4)31(32(42)29(22)30(25)34)40-38-24-11-9-21(56(47,48)53-2)14-26(24)41(45)46/h5-16,42H,34H2,1-4H3,(H,43,44). The molecular formula is C33H28N8O14S3. The van der Waals surface area contributed by atoms with Crippen LogP contribution in [0.25, 0.3) is 10.8 Å². The van der Waals surface area contributed by atoms with Gasteiger partial charge in [-0.15, -0.1) is 15.3 Å². The Labute approximate surface area is 328 Å². The van der Waals surface area contributed by atoms with Gasteiger partial charge in [0.05, 0.1) is 60.0 Å². The molecule has 4 N–H and O–H groups in total. The molecule has 5 aromatic rings. The SMILES string of the molecule is COS(=O)(=O)c1ccc(N=Nc2c(S(=O)(=O)OC)cc3c(S(=O)(=O)OC)cc(N=Nc4ccc(N=Nc5cccc(C(=O)O)c5)c(C)c4)c(N)c3c2O)c([N+](=O)[O-])c1. The number of nitrogens with two attached hydrogens (primary N) is 1. The van der Waals surface area contributed by atoms with Gasteiger partial charge in [0, 0.05) is 11.5 Å². The predicted octanol–water partition coefficient (Wildman–Crippen LogP) is 7.29. The zero-order chi connectivity index (χ0) is 42.7. The molecule has 0 saturated heterocycles. The van der Waals surface area contributed by atoms with Crippen molar-refractivity contribution in [1.29, 1.82) is 0 Å². The van der Waals surface area contributed by atoms with Gasteiger partial charge in [-0.2, -0.15) is 40.6 Å². The molecule has 302 valence electrons. The predicted molar refractivity (Wildman–Crippen MR) is 203 cm³/mol. The lowest BCUT2D eigenvalue weighted by atomic mass is 10.0. The van der Waals surface area contributed by atoms with Gasteiger partial charge in [-0.1, -0.05) is 6.07 Å². The number of nitro groups is 1. The van der Waals surface area contributed by atoms with E-state index in [9.17, 15) is 50.4 Å². The molecule has 0 atom stereocenters. The Bertz CT molecular complexity index is 2960. The Kier molecular flexibility index (Phi) is 12.1. The number of rotatable bonds is 14. The number of phenols is 1. The van der Waals surface area contributed by atoms with Crippen molar-refractivity contribution >= 4 is 92.6 Å². The Morgan fingerprint density at radius 3 is 1.90 bits per heavy atom. The molecule has 0 bridgehead atoms. The number of benzene rings is 5. The number of hydrogen-bond acceptors (Lipinski definition) is 20. The van der Waals surface area contributed by atoms with Crippen LogP contribution in [0.5, 0.6) is 5.75 Å². The molecule has 5 rings (SSSR count). The second kappa shape index (κ2) is 16.5. The molecule has 0 radical (unpaired) electrons. The van der Waals surface area contributed by atoms with Crippen LogP contribution in [0.3, 0.4) is 0 Å². The van der Waals surface area contributed by atoms with E-state index in [1.54, 1.807) is 13.0 Å². The highest BCUT2D eigenvalue weighted by molar-refractivity contribution is 7.87. The Balaban J connectivity index is 1.67. The lowest BCUT2D eigenvalue weighted by molar-refractivity contribution is -0.384. The summed E-state index contributed by atoms with van der Waals surface area (Å²) in [6.07, 6.45) is 0. The smallest absolute Gasteiger partial charge is 0.335 e. The van der Waals surface area contributed by atoms with E-state index in [0.717, 1.165) is 45.6 Å². The lowest BCUT2D eigenvalue weighted by Crippen LogP contribution is -2.07. The van der Waals surface area contributed by atoms with E-state index in [1.807, 2.05) is 0 Å². The van der Waals surface area contributed by atoms with Gasteiger partial charge in [0.25, 0.3) is 36.0 Å². The molecule has 22 nitrogen and oxygen atoms in total. The van der Waals surface area contributed by atoms with Crippen LogP contribution in [-0.2, 0) is 42.9 Å². The average Bonchev–Trinajstić information content (AvgIpc) is 3.19. The van der Waals surface area contributed by atoms with E-state index >= 15 is 0 Å². The molecule has 0 spiro atoms. The van der Waals surface area contributed by atoms with E-state index in [-0.39, 0.29) is 22.6 Å². The summed E-state index contributed by atoms with van der Waals surface area (Å²) in [6, 6.07) is 14.3. The van der Waals surface area contributed by atoms with Crippen LogP contribution in [0.4, 0.5) is 45.5 Å². The Hall–Kier alpha value is -6.64. The number of carbonyl (C=O) groups is 1. The minimum atomic E-state index is -4.87. The van der Waals surface area contributed by atoms with Gasteiger partial charge in [-0.25, -0.2) is 4.79 Å². The van der Waals surface area contributed by atoms with E-state index in [4.69, 9.17) is 5.73 Å². The first-order chi connectivity index (χ1) is 27.2. The fourth-order valence-electron chi connectivity index (χ4n) is 5.09. The van der Waals surface area contributed by atoms with E-state index in [0.29, 0.717) is 17.3 Å². The minimum Gasteiger partial charge on any atom is -0.505 e. The summed E-state index contributed by atoms with van der Waals surface area (Å²) in [5.41, 5.74) is 4.57. The number of aromatic hydroxyl groups is 1. The fraction of sp³-hybridized carbons (Fsp3) is 0.121. The second-order valence-corrected chi connectivity index (χ2v) is 16.6. The van der Waals surface area contributed by atoms with Gasteiger partial charge in [0.1, 0.15) is 26.1 Å². The third kappa shape index (κ3) is 8.67. The normalized spacial score (nSPS) is 12.6. The second-order valence-electron chi connectivity index (χ2n) is 11.5. The van der Waals surface area contributed by atoms with E-state index < -0.39 is 95.2 Å². The van der Waals surface area contributed by atoms with Crippen LogP contribution in [0.2, 0.25) is 0 Å². The third-order valence-corrected chi connectivity index (χ3v) is 11.9. The number of nitro benzene ring substituents is 1. The zero-order valence-corrected chi connectivity index (χ0v) is 32.6. The maximum Gasteiger partial charge on any atom is 0.335 e. The monoisotopic (exact) mass is 856 g/mol. The average molecular weight is 857 g/mol. The van der Waals surface area contributed by atoms with Crippen molar-refractivity contribution in [1.82, 2.24) is 0 Å². The number of nitrogens with zero attached hydrogens (tertiary/aromatic N) is 7. The van der Waals surface area contributed by atoms with Crippen LogP contribution >= 0.6 is 0 Å². The van der Waals surface area contributed by atoms with Gasteiger partial charge in [-0.3, -0.25) is 22.7 Å². The third-order valence-electron chi connectivity index (χ3n) is 8.02. The molecular weight excluding hydrogens is 829 g/mol. The molecule has 0 amide bonds. The van der Waals surface area contributed by atoms with Gasteiger partial charge >= 0.3 is 5.97 Å². The molecule has 0 aliphatic rings.